The molecule has 0 aliphatic carbocycles. The topological polar surface area (TPSA) is 67.0 Å². The van der Waals surface area contributed by atoms with Gasteiger partial charge in [-0.2, -0.15) is 0 Å². The van der Waals surface area contributed by atoms with Gasteiger partial charge in [0.05, 0.1) is 16.4 Å². The molecule has 1 N–H and O–H groups in total. The number of benzene rings is 1. The summed E-state index contributed by atoms with van der Waals surface area (Å²) in [6, 6.07) is 5.40. The summed E-state index contributed by atoms with van der Waals surface area (Å²) in [6.45, 7) is 0. The fourth-order valence-corrected chi connectivity index (χ4v) is 1.88. The molecule has 0 saturated carbocycles. The van der Waals surface area contributed by atoms with Crippen molar-refractivity contribution in [1.82, 2.24) is 4.98 Å². The lowest BCUT2D eigenvalue weighted by Gasteiger charge is -1.84. The Balaban J connectivity index is 2.85. The van der Waals surface area contributed by atoms with Gasteiger partial charge >= 0.3 is 0 Å². The van der Waals surface area contributed by atoms with Crippen LogP contribution in [0.4, 0.5) is 0 Å². The van der Waals surface area contributed by atoms with Crippen molar-refractivity contribution in [3.8, 4) is 0 Å². The molecule has 15 heavy (non-hydrogen) atoms. The summed E-state index contributed by atoms with van der Waals surface area (Å²) in [4.78, 5) is 37.0. The fraction of sp³-hybridized carbons (Fsp3) is 0. The molecule has 0 aliphatic rings. The van der Waals surface area contributed by atoms with Crippen molar-refractivity contribution in [2.24, 2.45) is 0 Å². The Bertz CT molecular complexity index is 819. The van der Waals surface area contributed by atoms with E-state index in [1.807, 2.05) is 0 Å². The minimum Gasteiger partial charge on any atom is -0.348 e. The van der Waals surface area contributed by atoms with Crippen molar-refractivity contribution in [3.63, 3.8) is 0 Å². The van der Waals surface area contributed by atoms with E-state index in [2.05, 4.69) is 4.98 Å². The van der Waals surface area contributed by atoms with Crippen LogP contribution in [0.3, 0.4) is 0 Å². The van der Waals surface area contributed by atoms with Crippen LogP contribution < -0.4 is 16.3 Å². The van der Waals surface area contributed by atoms with Gasteiger partial charge in [0.2, 0.25) is 10.9 Å². The van der Waals surface area contributed by atoms with Crippen LogP contribution in [0.2, 0.25) is 0 Å². The summed E-state index contributed by atoms with van der Waals surface area (Å²) in [5.41, 5.74) is -0.128. The van der Waals surface area contributed by atoms with E-state index < -0.39 is 0 Å². The predicted octanol–water partition coefficient (Wildman–Crippen LogP) is 0.277. The van der Waals surface area contributed by atoms with Gasteiger partial charge in [0.1, 0.15) is 0 Å². The minimum atomic E-state index is -0.264. The quantitative estimate of drug-likeness (QED) is 0.565. The molecule has 1 aromatic heterocycles. The molecule has 0 atom stereocenters. The highest BCUT2D eigenvalue weighted by Crippen LogP contribution is 2.17. The average Bonchev–Trinajstić information content (AvgIpc) is 2.74. The van der Waals surface area contributed by atoms with Crippen LogP contribution in [0, 0.1) is 0 Å². The number of rotatable bonds is 0. The third kappa shape index (κ3) is 0.878. The second-order valence-electron chi connectivity index (χ2n) is 3.42. The molecule has 3 aromatic rings. The molecule has 4 nitrogen and oxygen atoms in total. The zero-order valence-electron chi connectivity index (χ0n) is 7.53. The maximum absolute atomic E-state index is 11.6. The largest absolute Gasteiger partial charge is 0.348 e. The van der Waals surface area contributed by atoms with Crippen LogP contribution in [0.5, 0.6) is 0 Å². The van der Waals surface area contributed by atoms with Gasteiger partial charge in [-0.1, -0.05) is 0 Å². The maximum Gasteiger partial charge on any atom is 0.202 e. The first-order valence-corrected chi connectivity index (χ1v) is 4.43. The molecule has 72 valence electrons. The van der Waals surface area contributed by atoms with Gasteiger partial charge in [0, 0.05) is 5.39 Å². The van der Waals surface area contributed by atoms with Crippen molar-refractivity contribution in [2.45, 2.75) is 0 Å². The molecule has 0 spiro atoms. The first-order valence-electron chi connectivity index (χ1n) is 4.43. The molecule has 1 heterocycles. The van der Waals surface area contributed by atoms with Crippen LogP contribution in [0.1, 0.15) is 0 Å². The normalized spacial score (nSPS) is 11.5. The van der Waals surface area contributed by atoms with Crippen LogP contribution in [0.25, 0.3) is 21.8 Å². The summed E-state index contributed by atoms with van der Waals surface area (Å²) >= 11 is 0. The van der Waals surface area contributed by atoms with E-state index in [1.165, 1.54) is 18.2 Å². The SMILES string of the molecule is O=c1ccc2c1[nH]c1c(=O)ccc(=O)c12. The van der Waals surface area contributed by atoms with Crippen molar-refractivity contribution in [2.75, 3.05) is 0 Å². The lowest BCUT2D eigenvalue weighted by atomic mass is 10.2. The zero-order chi connectivity index (χ0) is 10.6. The number of aromatic nitrogens is 1. The number of fused-ring (bicyclic) bond motifs is 3. The highest BCUT2D eigenvalue weighted by molar-refractivity contribution is 6.07. The Morgan fingerprint density at radius 1 is 0.733 bits per heavy atom. The molecule has 0 radical (unpaired) electrons. The predicted molar refractivity (Wildman–Crippen MR) is 57.0 cm³/mol. The van der Waals surface area contributed by atoms with E-state index in [0.717, 1.165) is 0 Å². The molecule has 0 bridgehead atoms. The Hall–Kier alpha value is -2.23. The number of hydrogen-bond donors (Lipinski definition) is 1. The molecular weight excluding hydrogens is 194 g/mol. The average molecular weight is 199 g/mol. The van der Waals surface area contributed by atoms with Crippen LogP contribution >= 0.6 is 0 Å². The number of nitrogens with one attached hydrogen (secondary N) is 1. The smallest absolute Gasteiger partial charge is 0.202 e. The first kappa shape index (κ1) is 8.11. The van der Waals surface area contributed by atoms with Gasteiger partial charge in [0.15, 0.2) is 5.43 Å². The lowest BCUT2D eigenvalue weighted by Crippen LogP contribution is -2.07. The maximum atomic E-state index is 11.6. The third-order valence-electron chi connectivity index (χ3n) is 2.57. The number of aromatic amines is 1. The molecule has 0 saturated heterocycles. The van der Waals surface area contributed by atoms with Gasteiger partial charge in [-0.15, -0.1) is 0 Å². The van der Waals surface area contributed by atoms with Gasteiger partial charge in [-0.05, 0) is 24.3 Å². The van der Waals surface area contributed by atoms with Crippen LogP contribution in [0.15, 0.2) is 38.6 Å². The molecular formula is C11H5NO3. The summed E-state index contributed by atoms with van der Waals surface area (Å²) in [6.07, 6.45) is 0. The summed E-state index contributed by atoms with van der Waals surface area (Å²) < 4.78 is 0. The van der Waals surface area contributed by atoms with E-state index in [1.54, 1.807) is 6.07 Å². The third-order valence-corrected chi connectivity index (χ3v) is 2.57. The van der Waals surface area contributed by atoms with E-state index in [9.17, 15) is 14.4 Å². The van der Waals surface area contributed by atoms with Gasteiger partial charge in [-0.25, -0.2) is 0 Å². The Morgan fingerprint density at radius 2 is 1.33 bits per heavy atom. The summed E-state index contributed by atoms with van der Waals surface area (Å²) in [5.74, 6) is 0. The Morgan fingerprint density at radius 3 is 2.13 bits per heavy atom. The van der Waals surface area contributed by atoms with E-state index in [-0.39, 0.29) is 21.8 Å². The zero-order valence-corrected chi connectivity index (χ0v) is 7.53. The van der Waals surface area contributed by atoms with Crippen molar-refractivity contribution in [1.29, 1.82) is 0 Å². The van der Waals surface area contributed by atoms with E-state index >= 15 is 0 Å². The Kier molecular flexibility index (Phi) is 1.31. The molecule has 0 unspecified atom stereocenters. The van der Waals surface area contributed by atoms with Crippen LogP contribution in [-0.4, -0.2) is 4.98 Å². The molecule has 0 aliphatic heterocycles. The number of hydrogen-bond acceptors (Lipinski definition) is 3. The summed E-state index contributed by atoms with van der Waals surface area (Å²) in [7, 11) is 0. The number of H-pyrrole nitrogens is 1. The highest BCUT2D eigenvalue weighted by Gasteiger charge is 2.12. The molecule has 0 fully saturated rings. The fourth-order valence-electron chi connectivity index (χ4n) is 1.88. The second-order valence-corrected chi connectivity index (χ2v) is 3.42. The van der Waals surface area contributed by atoms with E-state index in [0.29, 0.717) is 16.3 Å². The molecule has 4 heteroatoms. The standard InChI is InChI=1S/C11H5NO3/c13-6-3-4-8(15)11-9(6)5-1-2-7(14)10(5)12-11/h1-4,12H. The summed E-state index contributed by atoms with van der Waals surface area (Å²) in [5, 5.41) is 0.859. The van der Waals surface area contributed by atoms with Crippen molar-refractivity contribution < 1.29 is 0 Å². The van der Waals surface area contributed by atoms with Gasteiger partial charge in [-0.3, -0.25) is 14.4 Å². The second kappa shape index (κ2) is 2.42. The van der Waals surface area contributed by atoms with E-state index in [4.69, 9.17) is 0 Å². The molecule has 2 aromatic carbocycles. The Labute approximate surface area is 82.5 Å². The highest BCUT2D eigenvalue weighted by atomic mass is 16.1. The molecule has 3 rings (SSSR count). The lowest BCUT2D eigenvalue weighted by molar-refractivity contribution is 1.48. The monoisotopic (exact) mass is 199 g/mol. The van der Waals surface area contributed by atoms with Crippen molar-refractivity contribution >= 4 is 21.8 Å². The minimum absolute atomic E-state index is 0.194. The molecule has 0 amide bonds. The van der Waals surface area contributed by atoms with Gasteiger partial charge in [0.25, 0.3) is 0 Å². The van der Waals surface area contributed by atoms with Gasteiger partial charge < -0.3 is 4.98 Å². The van der Waals surface area contributed by atoms with Crippen molar-refractivity contribution in [3.05, 3.63) is 54.9 Å². The first-order chi connectivity index (χ1) is 7.18. The van der Waals surface area contributed by atoms with Crippen LogP contribution in [-0.2, 0) is 0 Å².